The van der Waals surface area contributed by atoms with E-state index in [1.807, 2.05) is 0 Å². The van der Waals surface area contributed by atoms with E-state index < -0.39 is 0 Å². The van der Waals surface area contributed by atoms with Crippen LogP contribution in [0.25, 0.3) is 11.2 Å². The highest BCUT2D eigenvalue weighted by atomic mass is 16.3. The van der Waals surface area contributed by atoms with Crippen molar-refractivity contribution in [2.45, 2.75) is 19.4 Å². The van der Waals surface area contributed by atoms with Gasteiger partial charge in [-0.25, -0.2) is 9.78 Å². The Morgan fingerprint density at radius 2 is 2.00 bits per heavy atom. The van der Waals surface area contributed by atoms with Crippen molar-refractivity contribution in [2.24, 2.45) is 14.1 Å². The van der Waals surface area contributed by atoms with Gasteiger partial charge < -0.3 is 9.67 Å². The number of hydrogen-bond donors (Lipinski definition) is 1. The predicted octanol–water partition coefficient (Wildman–Crippen LogP) is -0.794. The van der Waals surface area contributed by atoms with E-state index in [9.17, 15) is 9.59 Å². The average molecular weight is 252 g/mol. The highest BCUT2D eigenvalue weighted by Gasteiger charge is 2.14. The van der Waals surface area contributed by atoms with Gasteiger partial charge in [0.2, 0.25) is 0 Å². The molecule has 0 spiro atoms. The smallest absolute Gasteiger partial charge is 0.332 e. The second-order valence-electron chi connectivity index (χ2n) is 4.26. The lowest BCUT2D eigenvalue weighted by atomic mass is 10.3. The van der Waals surface area contributed by atoms with Crippen LogP contribution < -0.4 is 11.2 Å². The van der Waals surface area contributed by atoms with Crippen LogP contribution in [0.4, 0.5) is 0 Å². The molecule has 18 heavy (non-hydrogen) atoms. The maximum absolute atomic E-state index is 12.2. The quantitative estimate of drug-likeness (QED) is 0.723. The SMILES string of the molecule is Cn1cnc2c1c(=O)n(CCCCO)c(=O)n2C. The van der Waals surface area contributed by atoms with Gasteiger partial charge in [0.1, 0.15) is 0 Å². The van der Waals surface area contributed by atoms with E-state index in [1.165, 1.54) is 15.5 Å². The number of aliphatic hydroxyl groups excluding tert-OH is 1. The first kappa shape index (κ1) is 12.6. The molecule has 0 bridgehead atoms. The predicted molar refractivity (Wildman–Crippen MR) is 66.5 cm³/mol. The van der Waals surface area contributed by atoms with E-state index in [0.717, 1.165) is 0 Å². The van der Waals surface area contributed by atoms with Gasteiger partial charge in [0.15, 0.2) is 11.2 Å². The van der Waals surface area contributed by atoms with Crippen molar-refractivity contribution in [1.29, 1.82) is 0 Å². The third kappa shape index (κ3) is 1.86. The summed E-state index contributed by atoms with van der Waals surface area (Å²) in [5.41, 5.74) is 0.113. The number of rotatable bonds is 4. The van der Waals surface area contributed by atoms with Gasteiger partial charge in [-0.05, 0) is 12.8 Å². The monoisotopic (exact) mass is 252 g/mol. The number of hydrogen-bond acceptors (Lipinski definition) is 4. The summed E-state index contributed by atoms with van der Waals surface area (Å²) >= 11 is 0. The van der Waals surface area contributed by atoms with Gasteiger partial charge in [0.25, 0.3) is 5.56 Å². The molecule has 0 saturated heterocycles. The Bertz CT molecular complexity index is 680. The molecule has 0 aliphatic rings. The van der Waals surface area contributed by atoms with Gasteiger partial charge in [0.05, 0.1) is 6.33 Å². The van der Waals surface area contributed by atoms with Crippen molar-refractivity contribution in [3.63, 3.8) is 0 Å². The van der Waals surface area contributed by atoms with E-state index in [4.69, 9.17) is 5.11 Å². The molecule has 0 saturated carbocycles. The molecule has 2 rings (SSSR count). The molecule has 7 heteroatoms. The zero-order valence-electron chi connectivity index (χ0n) is 10.5. The molecule has 2 heterocycles. The van der Waals surface area contributed by atoms with Crippen molar-refractivity contribution in [3.05, 3.63) is 27.2 Å². The zero-order chi connectivity index (χ0) is 13.3. The third-order valence-electron chi connectivity index (χ3n) is 2.99. The summed E-state index contributed by atoms with van der Waals surface area (Å²) in [6.07, 6.45) is 2.68. The summed E-state index contributed by atoms with van der Waals surface area (Å²) in [5.74, 6) is 0. The van der Waals surface area contributed by atoms with E-state index >= 15 is 0 Å². The van der Waals surface area contributed by atoms with Gasteiger partial charge in [-0.3, -0.25) is 13.9 Å². The van der Waals surface area contributed by atoms with Crippen molar-refractivity contribution in [2.75, 3.05) is 6.61 Å². The molecule has 0 aliphatic heterocycles. The molecule has 0 fully saturated rings. The minimum Gasteiger partial charge on any atom is -0.396 e. The Morgan fingerprint density at radius 3 is 2.67 bits per heavy atom. The van der Waals surface area contributed by atoms with Gasteiger partial charge in [-0.1, -0.05) is 0 Å². The molecular formula is C11H16N4O3. The fourth-order valence-electron chi connectivity index (χ4n) is 1.98. The fourth-order valence-corrected chi connectivity index (χ4v) is 1.98. The Balaban J connectivity index is 2.62. The summed E-state index contributed by atoms with van der Waals surface area (Å²) in [4.78, 5) is 28.3. The number of nitrogens with zero attached hydrogens (tertiary/aromatic N) is 4. The molecule has 7 nitrogen and oxygen atoms in total. The van der Waals surface area contributed by atoms with Crippen molar-refractivity contribution < 1.29 is 5.11 Å². The number of aliphatic hydroxyl groups is 1. The van der Waals surface area contributed by atoms with Gasteiger partial charge in [-0.15, -0.1) is 0 Å². The van der Waals surface area contributed by atoms with Crippen LogP contribution in [0, 0.1) is 0 Å². The topological polar surface area (TPSA) is 82.1 Å². The van der Waals surface area contributed by atoms with Crippen LogP contribution in [0.3, 0.4) is 0 Å². The largest absolute Gasteiger partial charge is 0.396 e. The highest BCUT2D eigenvalue weighted by Crippen LogP contribution is 2.03. The molecule has 0 aliphatic carbocycles. The minimum atomic E-state index is -0.371. The average Bonchev–Trinajstić information content (AvgIpc) is 2.73. The molecule has 0 radical (unpaired) electrons. The lowest BCUT2D eigenvalue weighted by molar-refractivity contribution is 0.280. The Kier molecular flexibility index (Phi) is 3.33. The lowest BCUT2D eigenvalue weighted by Gasteiger charge is -2.07. The normalized spacial score (nSPS) is 11.3. The fraction of sp³-hybridized carbons (Fsp3) is 0.545. The third-order valence-corrected chi connectivity index (χ3v) is 2.99. The maximum atomic E-state index is 12.2. The Hall–Kier alpha value is -1.89. The summed E-state index contributed by atoms with van der Waals surface area (Å²) < 4.78 is 4.18. The number of aryl methyl sites for hydroxylation is 2. The second kappa shape index (κ2) is 4.77. The summed E-state index contributed by atoms with van der Waals surface area (Å²) in [5, 5.41) is 8.74. The first-order valence-corrected chi connectivity index (χ1v) is 5.79. The molecule has 98 valence electrons. The van der Waals surface area contributed by atoms with E-state index in [2.05, 4.69) is 4.98 Å². The number of imidazole rings is 1. The van der Waals surface area contributed by atoms with E-state index in [-0.39, 0.29) is 17.9 Å². The summed E-state index contributed by atoms with van der Waals surface area (Å²) in [6, 6.07) is 0. The molecule has 2 aromatic rings. The standard InChI is InChI=1S/C11H16N4O3/c1-13-7-12-9-8(13)10(17)15(5-3-4-6-16)11(18)14(9)2/h7,16H,3-6H2,1-2H3. The molecule has 0 atom stereocenters. The molecule has 0 amide bonds. The number of aromatic nitrogens is 4. The van der Waals surface area contributed by atoms with Gasteiger partial charge in [0, 0.05) is 27.2 Å². The van der Waals surface area contributed by atoms with Crippen LogP contribution in [0.2, 0.25) is 0 Å². The first-order chi connectivity index (χ1) is 8.57. The second-order valence-corrected chi connectivity index (χ2v) is 4.26. The van der Waals surface area contributed by atoms with E-state index in [1.54, 1.807) is 18.7 Å². The van der Waals surface area contributed by atoms with Gasteiger partial charge in [-0.2, -0.15) is 0 Å². The van der Waals surface area contributed by atoms with Crippen LogP contribution in [-0.2, 0) is 20.6 Å². The Labute approximate surface area is 103 Å². The highest BCUT2D eigenvalue weighted by molar-refractivity contribution is 5.69. The summed E-state index contributed by atoms with van der Waals surface area (Å²) in [6.45, 7) is 0.371. The first-order valence-electron chi connectivity index (χ1n) is 5.79. The van der Waals surface area contributed by atoms with Crippen molar-refractivity contribution in [3.8, 4) is 0 Å². The minimum absolute atomic E-state index is 0.0586. The van der Waals surface area contributed by atoms with Crippen LogP contribution in [0.1, 0.15) is 12.8 Å². The van der Waals surface area contributed by atoms with Gasteiger partial charge >= 0.3 is 5.69 Å². The molecule has 0 unspecified atom stereocenters. The van der Waals surface area contributed by atoms with Crippen LogP contribution in [-0.4, -0.2) is 30.4 Å². The van der Waals surface area contributed by atoms with Crippen LogP contribution in [0.5, 0.6) is 0 Å². The lowest BCUT2D eigenvalue weighted by Crippen LogP contribution is -2.39. The molecule has 1 N–H and O–H groups in total. The maximum Gasteiger partial charge on any atom is 0.332 e. The van der Waals surface area contributed by atoms with Crippen molar-refractivity contribution >= 4 is 11.2 Å². The molecule has 2 aromatic heterocycles. The zero-order valence-corrected chi connectivity index (χ0v) is 10.5. The number of fused-ring (bicyclic) bond motifs is 1. The molecule has 0 aromatic carbocycles. The van der Waals surface area contributed by atoms with E-state index in [0.29, 0.717) is 30.6 Å². The summed E-state index contributed by atoms with van der Waals surface area (Å²) in [7, 11) is 3.32. The van der Waals surface area contributed by atoms with Crippen LogP contribution in [0.15, 0.2) is 15.9 Å². The van der Waals surface area contributed by atoms with Crippen molar-refractivity contribution in [1.82, 2.24) is 18.7 Å². The van der Waals surface area contributed by atoms with Crippen LogP contribution >= 0.6 is 0 Å². The molecular weight excluding hydrogens is 236 g/mol. The number of unbranched alkanes of at least 4 members (excludes halogenated alkanes) is 1. The Morgan fingerprint density at radius 1 is 1.28 bits per heavy atom.